The second-order valence-corrected chi connectivity index (χ2v) is 6.47. The van der Waals surface area contributed by atoms with E-state index in [4.69, 9.17) is 4.98 Å². The van der Waals surface area contributed by atoms with E-state index in [0.29, 0.717) is 0 Å². The maximum atomic E-state index is 4.75. The smallest absolute Gasteiger partial charge is 0.129 e. The Labute approximate surface area is 128 Å². The molecule has 0 amide bonds. The largest absolute Gasteiger partial charge is 0.241 e. The molecule has 0 N–H and O–H groups in total. The van der Waals surface area contributed by atoms with Crippen LogP contribution in [0.25, 0.3) is 10.9 Å². The molecule has 1 aliphatic carbocycles. The topological polar surface area (TPSA) is 25.8 Å². The first kappa shape index (κ1) is 14.5. The van der Waals surface area contributed by atoms with E-state index in [0.717, 1.165) is 29.1 Å². The van der Waals surface area contributed by atoms with Crippen LogP contribution in [-0.2, 0) is 6.42 Å². The van der Waals surface area contributed by atoms with Crippen LogP contribution in [0.3, 0.4) is 0 Å². The summed E-state index contributed by atoms with van der Waals surface area (Å²) >= 11 is 0. The highest BCUT2D eigenvalue weighted by molar-refractivity contribution is 5.77. The van der Waals surface area contributed by atoms with Gasteiger partial charge < -0.3 is 0 Å². The maximum Gasteiger partial charge on any atom is 0.129 e. The Morgan fingerprint density at radius 1 is 0.857 bits per heavy atom. The number of benzene rings is 1. The average Bonchev–Trinajstić information content (AvgIpc) is 2.53. The van der Waals surface area contributed by atoms with Crippen molar-refractivity contribution >= 4 is 10.9 Å². The summed E-state index contributed by atoms with van der Waals surface area (Å²) in [5.41, 5.74) is 1.09. The van der Waals surface area contributed by atoms with Gasteiger partial charge >= 0.3 is 0 Å². The van der Waals surface area contributed by atoms with Crippen LogP contribution in [0.1, 0.15) is 63.6 Å². The van der Waals surface area contributed by atoms with E-state index in [-0.39, 0.29) is 0 Å². The number of hydrogen-bond donors (Lipinski definition) is 0. The highest BCUT2D eigenvalue weighted by atomic mass is 14.9. The first-order valence-electron chi connectivity index (χ1n) is 8.62. The third kappa shape index (κ3) is 4.26. The van der Waals surface area contributed by atoms with Gasteiger partial charge in [-0.1, -0.05) is 76.0 Å². The zero-order valence-electron chi connectivity index (χ0n) is 12.9. The van der Waals surface area contributed by atoms with Gasteiger partial charge in [0, 0.05) is 18.0 Å². The van der Waals surface area contributed by atoms with E-state index in [1.54, 1.807) is 0 Å². The molecule has 1 aromatic carbocycles. The van der Waals surface area contributed by atoms with Crippen molar-refractivity contribution in [1.82, 2.24) is 9.97 Å². The van der Waals surface area contributed by atoms with Crippen molar-refractivity contribution in [2.45, 2.75) is 64.2 Å². The number of nitrogens with zero attached hydrogens (tertiary/aromatic N) is 2. The molecule has 0 radical (unpaired) electrons. The summed E-state index contributed by atoms with van der Waals surface area (Å²) in [6.07, 6.45) is 15.7. The second-order valence-electron chi connectivity index (χ2n) is 6.47. The lowest BCUT2D eigenvalue weighted by molar-refractivity contribution is 0.382. The molecule has 1 heterocycles. The van der Waals surface area contributed by atoms with Gasteiger partial charge in [0.25, 0.3) is 0 Å². The van der Waals surface area contributed by atoms with Gasteiger partial charge in [-0.3, -0.25) is 0 Å². The molecule has 1 saturated carbocycles. The van der Waals surface area contributed by atoms with Crippen LogP contribution < -0.4 is 0 Å². The molecule has 1 aliphatic rings. The van der Waals surface area contributed by atoms with Crippen LogP contribution in [0.4, 0.5) is 0 Å². The van der Waals surface area contributed by atoms with E-state index < -0.39 is 0 Å². The molecule has 0 atom stereocenters. The summed E-state index contributed by atoms with van der Waals surface area (Å²) in [5, 5.41) is 1.15. The van der Waals surface area contributed by atoms with Crippen LogP contribution >= 0.6 is 0 Å². The lowest BCUT2D eigenvalue weighted by Crippen LogP contribution is -2.09. The van der Waals surface area contributed by atoms with Crippen molar-refractivity contribution < 1.29 is 0 Å². The van der Waals surface area contributed by atoms with Gasteiger partial charge in [-0.15, -0.1) is 0 Å². The highest BCUT2D eigenvalue weighted by Gasteiger charge is 2.13. The molecule has 0 unspecified atom stereocenters. The predicted molar refractivity (Wildman–Crippen MR) is 88.3 cm³/mol. The molecule has 2 heteroatoms. The fraction of sp³-hybridized carbons (Fsp3) is 0.579. The highest BCUT2D eigenvalue weighted by Crippen LogP contribution is 2.24. The van der Waals surface area contributed by atoms with Gasteiger partial charge in [0.05, 0.1) is 5.52 Å². The average molecular weight is 282 g/mol. The van der Waals surface area contributed by atoms with Crippen molar-refractivity contribution in [3.05, 3.63) is 36.3 Å². The second kappa shape index (κ2) is 7.53. The zero-order chi connectivity index (χ0) is 14.3. The summed E-state index contributed by atoms with van der Waals surface area (Å²) in [6, 6.07) is 8.28. The lowest BCUT2D eigenvalue weighted by Gasteiger charge is -2.17. The fourth-order valence-corrected chi connectivity index (χ4v) is 3.47. The molecule has 0 aliphatic heterocycles. The van der Waals surface area contributed by atoms with E-state index in [9.17, 15) is 0 Å². The molecule has 1 fully saturated rings. The first-order valence-corrected chi connectivity index (χ1v) is 8.62. The Morgan fingerprint density at radius 2 is 1.52 bits per heavy atom. The molecule has 21 heavy (non-hydrogen) atoms. The summed E-state index contributed by atoms with van der Waals surface area (Å²) in [6.45, 7) is 0. The summed E-state index contributed by atoms with van der Waals surface area (Å²) in [5.74, 6) is 1.82. The van der Waals surface area contributed by atoms with Gasteiger partial charge in [-0.2, -0.15) is 0 Å². The normalized spacial score (nSPS) is 18.7. The summed E-state index contributed by atoms with van der Waals surface area (Å²) in [7, 11) is 0. The minimum Gasteiger partial charge on any atom is -0.241 e. The Morgan fingerprint density at radius 3 is 2.29 bits per heavy atom. The van der Waals surface area contributed by atoms with Crippen molar-refractivity contribution in [1.29, 1.82) is 0 Å². The molecule has 2 nitrogen and oxygen atoms in total. The van der Waals surface area contributed by atoms with Gasteiger partial charge in [0.2, 0.25) is 0 Å². The SMILES string of the molecule is c1ccc2nc(CC3CCCCCCCCC3)ncc2c1. The first-order chi connectivity index (χ1) is 10.4. The lowest BCUT2D eigenvalue weighted by atomic mass is 9.90. The minimum absolute atomic E-state index is 0.782. The van der Waals surface area contributed by atoms with E-state index >= 15 is 0 Å². The molecule has 0 bridgehead atoms. The third-order valence-corrected chi connectivity index (χ3v) is 4.73. The Balaban J connectivity index is 1.66. The molecule has 1 aromatic heterocycles. The molecule has 0 saturated heterocycles. The van der Waals surface area contributed by atoms with Gasteiger partial charge in [-0.25, -0.2) is 9.97 Å². The maximum absolute atomic E-state index is 4.75. The predicted octanol–water partition coefficient (Wildman–Crippen LogP) is 5.31. The monoisotopic (exact) mass is 282 g/mol. The van der Waals surface area contributed by atoms with Crippen molar-refractivity contribution in [2.75, 3.05) is 0 Å². The van der Waals surface area contributed by atoms with Crippen LogP contribution in [0.2, 0.25) is 0 Å². The van der Waals surface area contributed by atoms with Gasteiger partial charge in [0.15, 0.2) is 0 Å². The van der Waals surface area contributed by atoms with Gasteiger partial charge in [0.1, 0.15) is 5.82 Å². The van der Waals surface area contributed by atoms with Crippen LogP contribution in [0.5, 0.6) is 0 Å². The summed E-state index contributed by atoms with van der Waals surface area (Å²) < 4.78 is 0. The number of hydrogen-bond acceptors (Lipinski definition) is 2. The Bertz CT molecular complexity index is 554. The Hall–Kier alpha value is -1.44. The van der Waals surface area contributed by atoms with Crippen molar-refractivity contribution in [3.63, 3.8) is 0 Å². The van der Waals surface area contributed by atoms with Crippen molar-refractivity contribution in [3.8, 4) is 0 Å². The van der Waals surface area contributed by atoms with Crippen molar-refractivity contribution in [2.24, 2.45) is 5.92 Å². The molecule has 2 aromatic rings. The van der Waals surface area contributed by atoms with E-state index in [2.05, 4.69) is 23.2 Å². The zero-order valence-corrected chi connectivity index (χ0v) is 12.9. The molecule has 3 rings (SSSR count). The Kier molecular flexibility index (Phi) is 5.20. The standard InChI is InChI=1S/C19H26N2/c1-2-4-6-10-16(11-7-5-3-1)14-19-20-15-17-12-8-9-13-18(17)21-19/h8-9,12-13,15-16H,1-7,10-11,14H2. The minimum atomic E-state index is 0.782. The van der Waals surface area contributed by atoms with E-state index in [1.807, 2.05) is 12.3 Å². The van der Waals surface area contributed by atoms with Crippen LogP contribution in [0, 0.1) is 5.92 Å². The number of aromatic nitrogens is 2. The molecule has 112 valence electrons. The quantitative estimate of drug-likeness (QED) is 0.745. The molecular formula is C19H26N2. The third-order valence-electron chi connectivity index (χ3n) is 4.73. The van der Waals surface area contributed by atoms with Crippen LogP contribution in [0.15, 0.2) is 30.5 Å². The number of fused-ring (bicyclic) bond motifs is 1. The van der Waals surface area contributed by atoms with E-state index in [1.165, 1.54) is 57.8 Å². The summed E-state index contributed by atoms with van der Waals surface area (Å²) in [4.78, 5) is 9.34. The van der Waals surface area contributed by atoms with Gasteiger partial charge in [-0.05, 0) is 12.0 Å². The molecular weight excluding hydrogens is 256 g/mol. The fourth-order valence-electron chi connectivity index (χ4n) is 3.47. The number of para-hydroxylation sites is 1. The number of rotatable bonds is 2. The van der Waals surface area contributed by atoms with Crippen LogP contribution in [-0.4, -0.2) is 9.97 Å². The molecule has 0 spiro atoms.